The van der Waals surface area contributed by atoms with E-state index in [-0.39, 0.29) is 11.7 Å². The zero-order valence-corrected chi connectivity index (χ0v) is 12.4. The first kappa shape index (κ1) is 13.3. The van der Waals surface area contributed by atoms with E-state index in [0.717, 1.165) is 5.56 Å². The molecule has 2 rings (SSSR count). The van der Waals surface area contributed by atoms with Crippen LogP contribution in [0.25, 0.3) is 0 Å². The maximum Gasteiger partial charge on any atom is 0.345 e. The summed E-state index contributed by atoms with van der Waals surface area (Å²) in [5, 5.41) is 0. The molecule has 0 N–H and O–H groups in total. The van der Waals surface area contributed by atoms with E-state index < -0.39 is 13.7 Å². The summed E-state index contributed by atoms with van der Waals surface area (Å²) in [6.45, 7) is 8.84. The van der Waals surface area contributed by atoms with Gasteiger partial charge in [-0.25, -0.2) is 4.79 Å². The minimum atomic E-state index is -1.56. The Hall–Kier alpha value is -1.13. The predicted octanol–water partition coefficient (Wildman–Crippen LogP) is 2.72. The summed E-state index contributed by atoms with van der Waals surface area (Å²) in [6.07, 6.45) is 0. The van der Waals surface area contributed by atoms with Crippen LogP contribution in [-0.4, -0.2) is 26.4 Å². The molecule has 4 heteroatoms. The third-order valence-electron chi connectivity index (χ3n) is 3.18. The number of hydrogen-bond donors (Lipinski definition) is 0. The molecule has 0 saturated carbocycles. The van der Waals surface area contributed by atoms with Crippen LogP contribution in [-0.2, 0) is 19.9 Å². The molecule has 0 spiro atoms. The normalized spacial score (nSPS) is 26.8. The maximum absolute atomic E-state index is 12.3. The Morgan fingerprint density at radius 3 is 2.39 bits per heavy atom. The Bertz CT molecular complexity index is 438. The van der Waals surface area contributed by atoms with Gasteiger partial charge in [0.1, 0.15) is 0 Å². The van der Waals surface area contributed by atoms with Gasteiger partial charge in [0.25, 0.3) is 0 Å². The molecule has 0 amide bonds. The van der Waals surface area contributed by atoms with Crippen molar-refractivity contribution in [2.75, 3.05) is 6.61 Å². The van der Waals surface area contributed by atoms with Crippen molar-refractivity contribution in [3.8, 4) is 0 Å². The predicted molar refractivity (Wildman–Crippen MR) is 73.0 cm³/mol. The zero-order valence-electron chi connectivity index (χ0n) is 11.4. The SMILES string of the molecule is CCOC(=O)[C@@]1(c2ccccc2)O[C@H]1[Si](C)(C)C. The van der Waals surface area contributed by atoms with E-state index in [9.17, 15) is 4.79 Å². The molecule has 1 aliphatic heterocycles. The average molecular weight is 264 g/mol. The third kappa shape index (κ3) is 2.10. The molecule has 0 unspecified atom stereocenters. The second kappa shape index (κ2) is 4.52. The first-order valence-corrected chi connectivity index (χ1v) is 9.91. The van der Waals surface area contributed by atoms with Crippen LogP contribution in [0.5, 0.6) is 0 Å². The second-order valence-corrected chi connectivity index (χ2v) is 10.9. The highest BCUT2D eigenvalue weighted by Crippen LogP contribution is 2.51. The number of rotatable bonds is 4. The van der Waals surface area contributed by atoms with Gasteiger partial charge >= 0.3 is 5.97 Å². The van der Waals surface area contributed by atoms with Crippen molar-refractivity contribution in [3.05, 3.63) is 35.9 Å². The van der Waals surface area contributed by atoms with Gasteiger partial charge in [-0.3, -0.25) is 0 Å². The molecule has 0 aromatic heterocycles. The molecule has 18 heavy (non-hydrogen) atoms. The molecule has 2 atom stereocenters. The summed E-state index contributed by atoms with van der Waals surface area (Å²) >= 11 is 0. The van der Waals surface area contributed by atoms with Crippen LogP contribution in [0.2, 0.25) is 19.6 Å². The first-order chi connectivity index (χ1) is 8.43. The molecule has 1 aliphatic rings. The van der Waals surface area contributed by atoms with Crippen LogP contribution in [0.3, 0.4) is 0 Å². The summed E-state index contributed by atoms with van der Waals surface area (Å²) in [7, 11) is -1.56. The third-order valence-corrected chi connectivity index (χ3v) is 5.28. The molecular formula is C14H20O3Si. The van der Waals surface area contributed by atoms with E-state index in [2.05, 4.69) is 19.6 Å². The van der Waals surface area contributed by atoms with Crippen LogP contribution in [0.15, 0.2) is 30.3 Å². The molecule has 0 radical (unpaired) electrons. The lowest BCUT2D eigenvalue weighted by Gasteiger charge is -2.17. The molecule has 98 valence electrons. The van der Waals surface area contributed by atoms with E-state index in [1.807, 2.05) is 37.3 Å². The fourth-order valence-corrected chi connectivity index (χ4v) is 4.40. The Morgan fingerprint density at radius 1 is 1.33 bits per heavy atom. The molecule has 1 heterocycles. The van der Waals surface area contributed by atoms with Gasteiger partial charge in [-0.15, -0.1) is 0 Å². The highest BCUT2D eigenvalue weighted by molar-refractivity contribution is 6.78. The van der Waals surface area contributed by atoms with Gasteiger partial charge in [0, 0.05) is 0 Å². The van der Waals surface area contributed by atoms with Crippen molar-refractivity contribution in [2.24, 2.45) is 0 Å². The molecule has 3 nitrogen and oxygen atoms in total. The fourth-order valence-electron chi connectivity index (χ4n) is 2.35. The van der Waals surface area contributed by atoms with Gasteiger partial charge < -0.3 is 9.47 Å². The molecule has 1 saturated heterocycles. The van der Waals surface area contributed by atoms with Crippen molar-refractivity contribution in [1.82, 2.24) is 0 Å². The monoisotopic (exact) mass is 264 g/mol. The Labute approximate surface area is 109 Å². The minimum absolute atomic E-state index is 0.00597. The highest BCUT2D eigenvalue weighted by Gasteiger charge is 2.69. The number of esters is 1. The van der Waals surface area contributed by atoms with Crippen molar-refractivity contribution in [3.63, 3.8) is 0 Å². The lowest BCUT2D eigenvalue weighted by atomic mass is 10.0. The van der Waals surface area contributed by atoms with Gasteiger partial charge in [0.2, 0.25) is 5.60 Å². The number of carbonyl (C=O) groups excluding carboxylic acids is 1. The van der Waals surface area contributed by atoms with E-state index in [0.29, 0.717) is 6.61 Å². The number of carbonyl (C=O) groups is 1. The molecule has 0 bridgehead atoms. The average Bonchev–Trinajstić information content (AvgIpc) is 3.07. The summed E-state index contributed by atoms with van der Waals surface area (Å²) < 4.78 is 11.1. The smallest absolute Gasteiger partial charge is 0.345 e. The largest absolute Gasteiger partial charge is 0.464 e. The molecule has 1 aromatic rings. The van der Waals surface area contributed by atoms with Gasteiger partial charge in [0.15, 0.2) is 0 Å². The summed E-state index contributed by atoms with van der Waals surface area (Å²) in [5.74, 6) is -0.247. The fraction of sp³-hybridized carbons (Fsp3) is 0.500. The first-order valence-electron chi connectivity index (χ1n) is 6.33. The summed E-state index contributed by atoms with van der Waals surface area (Å²) in [4.78, 5) is 12.3. The van der Waals surface area contributed by atoms with E-state index in [4.69, 9.17) is 9.47 Å². The number of hydrogen-bond acceptors (Lipinski definition) is 3. The van der Waals surface area contributed by atoms with Gasteiger partial charge in [-0.05, 0) is 12.5 Å². The number of benzene rings is 1. The highest BCUT2D eigenvalue weighted by atomic mass is 28.3. The number of epoxide rings is 1. The molecule has 0 aliphatic carbocycles. The van der Waals surface area contributed by atoms with Crippen LogP contribution >= 0.6 is 0 Å². The molecular weight excluding hydrogens is 244 g/mol. The van der Waals surface area contributed by atoms with E-state index >= 15 is 0 Å². The van der Waals surface area contributed by atoms with E-state index in [1.54, 1.807) is 0 Å². The van der Waals surface area contributed by atoms with Crippen LogP contribution in [0, 0.1) is 0 Å². The van der Waals surface area contributed by atoms with Crippen LogP contribution in [0.1, 0.15) is 12.5 Å². The van der Waals surface area contributed by atoms with Crippen molar-refractivity contribution in [1.29, 1.82) is 0 Å². The Kier molecular flexibility index (Phi) is 3.34. The van der Waals surface area contributed by atoms with E-state index in [1.165, 1.54) is 0 Å². The quantitative estimate of drug-likeness (QED) is 0.477. The molecule has 1 aromatic carbocycles. The van der Waals surface area contributed by atoms with Crippen molar-refractivity contribution < 1.29 is 14.3 Å². The summed E-state index contributed by atoms with van der Waals surface area (Å²) in [6, 6.07) is 9.68. The summed E-state index contributed by atoms with van der Waals surface area (Å²) in [5.41, 5.74) is 0.0733. The zero-order chi connectivity index (χ0) is 13.4. The Balaban J connectivity index is 2.36. The Morgan fingerprint density at radius 2 is 1.94 bits per heavy atom. The van der Waals surface area contributed by atoms with Crippen molar-refractivity contribution >= 4 is 14.0 Å². The van der Waals surface area contributed by atoms with Crippen molar-refractivity contribution in [2.45, 2.75) is 37.9 Å². The maximum atomic E-state index is 12.3. The van der Waals surface area contributed by atoms with Gasteiger partial charge in [-0.2, -0.15) is 0 Å². The lowest BCUT2D eigenvalue weighted by Crippen LogP contribution is -2.38. The van der Waals surface area contributed by atoms with Crippen LogP contribution < -0.4 is 0 Å². The topological polar surface area (TPSA) is 38.8 Å². The van der Waals surface area contributed by atoms with Gasteiger partial charge in [0.05, 0.1) is 20.4 Å². The van der Waals surface area contributed by atoms with Gasteiger partial charge in [-0.1, -0.05) is 50.0 Å². The molecule has 1 fully saturated rings. The number of ether oxygens (including phenoxy) is 2. The lowest BCUT2D eigenvalue weighted by molar-refractivity contribution is -0.149. The second-order valence-electron chi connectivity index (χ2n) is 5.69. The standard InChI is InChI=1S/C14H20O3Si/c1-5-16-12(15)14(11-9-7-6-8-10-11)13(17-14)18(2,3)4/h6-10,13H,5H2,1-4H3/t13-,14+/m0/s1. The minimum Gasteiger partial charge on any atom is -0.464 e. The van der Waals surface area contributed by atoms with Crippen LogP contribution in [0.4, 0.5) is 0 Å².